The van der Waals surface area contributed by atoms with E-state index in [1.807, 2.05) is 36.7 Å². The summed E-state index contributed by atoms with van der Waals surface area (Å²) < 4.78 is 74.2. The number of esters is 1. The molecule has 0 bridgehead atoms. The molecule has 36 heavy (non-hydrogen) atoms. The highest BCUT2D eigenvalue weighted by molar-refractivity contribution is 7.86. The number of hydrogen-bond acceptors (Lipinski definition) is 8. The molecule has 3 heterocycles. The van der Waals surface area contributed by atoms with Gasteiger partial charge >= 0.3 is 11.5 Å². The second-order valence-corrected chi connectivity index (χ2v) is 10.3. The Bertz CT molecular complexity index is 1370. The molecule has 14 heteroatoms. The van der Waals surface area contributed by atoms with E-state index < -0.39 is 15.6 Å². The predicted molar refractivity (Wildman–Crippen MR) is 121 cm³/mol. The van der Waals surface area contributed by atoms with Gasteiger partial charge in [0, 0.05) is 0 Å². The molecule has 1 aromatic carbocycles. The third kappa shape index (κ3) is 5.87. The number of halogens is 3. The fourth-order valence-electron chi connectivity index (χ4n) is 3.64. The van der Waals surface area contributed by atoms with Crippen LogP contribution in [-0.4, -0.2) is 53.3 Å². The SMILES string of the molecule is COC(=O)CC1COc2ccccc2-c2c(NC(C)(C)C)[n+]3ccncc3n21.O=S(=O)([O-])C(F)(F)F. The van der Waals surface area contributed by atoms with Gasteiger partial charge in [-0.15, -0.1) is 0 Å². The normalized spacial score (nSPS) is 15.5. The van der Waals surface area contributed by atoms with E-state index in [9.17, 15) is 18.0 Å². The van der Waals surface area contributed by atoms with Crippen molar-refractivity contribution in [2.75, 3.05) is 19.0 Å². The van der Waals surface area contributed by atoms with E-state index in [1.165, 1.54) is 7.11 Å². The van der Waals surface area contributed by atoms with E-state index in [2.05, 4.69) is 40.0 Å². The van der Waals surface area contributed by atoms with Crippen LogP contribution < -0.4 is 14.5 Å². The number of methoxy groups -OCH3 is 1. The molecule has 1 N–H and O–H groups in total. The molecule has 0 saturated carbocycles. The number of anilines is 1. The van der Waals surface area contributed by atoms with Crippen molar-refractivity contribution in [2.24, 2.45) is 0 Å². The standard InChI is InChI=1S/C21H25N4O3.CHF3O3S/c1-21(2,3)23-20-19-15-7-5-6-8-16(15)28-13-14(11-18(26)27-4)25(19)17-12-22-9-10-24(17)20;2-1(3,4)8(5,6)7/h5-10,12,14,23H,11,13H2,1-4H3;(H,5,6,7)/q+1;/p-1. The van der Waals surface area contributed by atoms with Crippen LogP contribution in [0.25, 0.3) is 16.9 Å². The first-order chi connectivity index (χ1) is 16.6. The third-order valence-electron chi connectivity index (χ3n) is 5.04. The maximum absolute atomic E-state index is 12.1. The summed E-state index contributed by atoms with van der Waals surface area (Å²) in [5.41, 5.74) is -2.97. The average Bonchev–Trinajstić information content (AvgIpc) is 2.98. The lowest BCUT2D eigenvalue weighted by Gasteiger charge is -2.17. The number of rotatable bonds is 3. The minimum Gasteiger partial charge on any atom is -0.741 e. The van der Waals surface area contributed by atoms with Crippen molar-refractivity contribution in [3.8, 4) is 17.0 Å². The Morgan fingerprint density at radius 2 is 1.94 bits per heavy atom. The largest absolute Gasteiger partial charge is 0.741 e. The first kappa shape index (κ1) is 27.2. The minimum absolute atomic E-state index is 0.161. The highest BCUT2D eigenvalue weighted by Gasteiger charge is 2.38. The first-order valence-electron chi connectivity index (χ1n) is 10.6. The fraction of sp³-hybridized carbons (Fsp3) is 0.409. The van der Waals surface area contributed by atoms with Crippen LogP contribution in [0.2, 0.25) is 0 Å². The summed E-state index contributed by atoms with van der Waals surface area (Å²) in [4.78, 5) is 16.4. The molecule has 10 nitrogen and oxygen atoms in total. The Kier molecular flexibility index (Phi) is 7.50. The quantitative estimate of drug-likeness (QED) is 0.237. The van der Waals surface area contributed by atoms with Gasteiger partial charge in [0.05, 0.1) is 37.0 Å². The second-order valence-electron chi connectivity index (χ2n) is 8.89. The van der Waals surface area contributed by atoms with E-state index in [1.54, 1.807) is 6.20 Å². The maximum Gasteiger partial charge on any atom is 0.485 e. The summed E-state index contributed by atoms with van der Waals surface area (Å²) >= 11 is 0. The molecule has 0 fully saturated rings. The summed E-state index contributed by atoms with van der Waals surface area (Å²) in [6, 6.07) is 7.74. The van der Waals surface area contributed by atoms with E-state index in [0.29, 0.717) is 6.61 Å². The van der Waals surface area contributed by atoms with Crippen LogP contribution in [0, 0.1) is 0 Å². The second kappa shape index (κ2) is 9.93. The van der Waals surface area contributed by atoms with Gasteiger partial charge in [0.15, 0.2) is 15.8 Å². The maximum atomic E-state index is 12.1. The highest BCUT2D eigenvalue weighted by atomic mass is 32.2. The Labute approximate surface area is 205 Å². The molecular weight excluding hydrogens is 505 g/mol. The predicted octanol–water partition coefficient (Wildman–Crippen LogP) is 3.05. The molecule has 1 unspecified atom stereocenters. The molecule has 0 radical (unpaired) electrons. The van der Waals surface area contributed by atoms with Crippen LogP contribution in [-0.2, 0) is 19.6 Å². The lowest BCUT2D eigenvalue weighted by atomic mass is 10.1. The van der Waals surface area contributed by atoms with Crippen molar-refractivity contribution in [3.05, 3.63) is 42.9 Å². The number of imidazole rings is 1. The minimum atomic E-state index is -6.09. The van der Waals surface area contributed by atoms with Gasteiger partial charge in [-0.25, -0.2) is 13.0 Å². The van der Waals surface area contributed by atoms with Crippen molar-refractivity contribution in [2.45, 2.75) is 44.3 Å². The first-order valence-corrected chi connectivity index (χ1v) is 12.0. The molecule has 0 saturated heterocycles. The summed E-state index contributed by atoms with van der Waals surface area (Å²) in [5.74, 6) is 1.47. The Balaban J connectivity index is 0.000000392. The van der Waals surface area contributed by atoms with Gasteiger partial charge < -0.3 is 14.0 Å². The van der Waals surface area contributed by atoms with Crippen LogP contribution in [0.1, 0.15) is 33.2 Å². The Hall–Kier alpha value is -3.39. The zero-order valence-electron chi connectivity index (χ0n) is 19.9. The van der Waals surface area contributed by atoms with Crippen molar-refractivity contribution in [1.29, 1.82) is 0 Å². The number of carbonyl (C=O) groups excluding carboxylic acids is 1. The van der Waals surface area contributed by atoms with Gasteiger partial charge in [0.25, 0.3) is 11.5 Å². The average molecular weight is 531 g/mol. The molecule has 196 valence electrons. The van der Waals surface area contributed by atoms with Crippen LogP contribution >= 0.6 is 0 Å². The van der Waals surface area contributed by atoms with Crippen LogP contribution in [0.4, 0.5) is 19.0 Å². The summed E-state index contributed by atoms with van der Waals surface area (Å²) in [5, 5.41) is 3.63. The van der Waals surface area contributed by atoms with E-state index in [4.69, 9.17) is 22.4 Å². The van der Waals surface area contributed by atoms with Gasteiger partial charge in [0.2, 0.25) is 0 Å². The molecule has 2 aromatic heterocycles. The van der Waals surface area contributed by atoms with Gasteiger partial charge in [-0.1, -0.05) is 12.1 Å². The van der Waals surface area contributed by atoms with Crippen LogP contribution in [0.3, 0.4) is 0 Å². The van der Waals surface area contributed by atoms with Gasteiger partial charge in [-0.3, -0.25) is 15.1 Å². The Morgan fingerprint density at radius 3 is 2.53 bits per heavy atom. The fourth-order valence-corrected chi connectivity index (χ4v) is 3.64. The van der Waals surface area contributed by atoms with Gasteiger partial charge in [-0.05, 0) is 32.9 Å². The van der Waals surface area contributed by atoms with Crippen molar-refractivity contribution in [3.63, 3.8) is 0 Å². The van der Waals surface area contributed by atoms with E-state index in [0.717, 1.165) is 28.5 Å². The van der Waals surface area contributed by atoms with E-state index >= 15 is 0 Å². The van der Waals surface area contributed by atoms with Crippen LogP contribution in [0.5, 0.6) is 5.75 Å². The molecule has 0 aliphatic carbocycles. The number of benzene rings is 1. The van der Waals surface area contributed by atoms with Gasteiger partial charge in [-0.2, -0.15) is 17.6 Å². The molecular formula is C22H25F3N4O6S. The van der Waals surface area contributed by atoms with Gasteiger partial charge in [0.1, 0.15) is 24.6 Å². The Morgan fingerprint density at radius 1 is 1.31 bits per heavy atom. The van der Waals surface area contributed by atoms with E-state index in [-0.39, 0.29) is 24.0 Å². The number of nitrogens with zero attached hydrogens (tertiary/aromatic N) is 3. The number of para-hydroxylation sites is 1. The number of hydrogen-bond donors (Lipinski definition) is 1. The zero-order valence-corrected chi connectivity index (χ0v) is 20.7. The molecule has 1 atom stereocenters. The smallest absolute Gasteiger partial charge is 0.485 e. The highest BCUT2D eigenvalue weighted by Crippen LogP contribution is 2.41. The summed E-state index contributed by atoms with van der Waals surface area (Å²) in [6.45, 7) is 6.73. The van der Waals surface area contributed by atoms with Crippen LogP contribution in [0.15, 0.2) is 42.9 Å². The lowest BCUT2D eigenvalue weighted by molar-refractivity contribution is -0.496. The molecule has 1 aliphatic rings. The summed E-state index contributed by atoms with van der Waals surface area (Å²) in [7, 11) is -4.68. The monoisotopic (exact) mass is 530 g/mol. The zero-order chi connectivity index (χ0) is 26.9. The molecule has 3 aromatic rings. The number of nitrogens with one attached hydrogen (secondary N) is 1. The summed E-state index contributed by atoms with van der Waals surface area (Å²) in [6.07, 6.45) is 5.73. The molecule has 0 amide bonds. The molecule has 1 aliphatic heterocycles. The number of carbonyl (C=O) groups is 1. The number of fused-ring (bicyclic) bond motifs is 5. The topological polar surface area (TPSA) is 127 Å². The molecule has 4 rings (SSSR count). The van der Waals surface area contributed by atoms with Crippen molar-refractivity contribution >= 4 is 27.6 Å². The lowest BCUT2D eigenvalue weighted by Crippen LogP contribution is -2.33. The number of ether oxygens (including phenoxy) is 2. The third-order valence-corrected chi connectivity index (χ3v) is 5.60. The number of aromatic nitrogens is 3. The number of alkyl halides is 3. The van der Waals surface area contributed by atoms with Crippen molar-refractivity contribution < 1.29 is 44.8 Å². The molecule has 0 spiro atoms. The van der Waals surface area contributed by atoms with Crippen molar-refractivity contribution in [1.82, 2.24) is 9.55 Å².